The summed E-state index contributed by atoms with van der Waals surface area (Å²) >= 11 is 0. The quantitative estimate of drug-likeness (QED) is 0.662. The summed E-state index contributed by atoms with van der Waals surface area (Å²) in [4.78, 5) is 11.4. The molecular formula is C5H12O7P2. The molecule has 0 rings (SSSR count). The normalized spacial score (nSPS) is 12.9. The van der Waals surface area contributed by atoms with E-state index in [0.29, 0.717) is 0 Å². The number of rotatable bonds is 6. The Morgan fingerprint density at radius 1 is 0.786 bits per heavy atom. The Balaban J connectivity index is 5.12. The zero-order valence-electron chi connectivity index (χ0n) is 8.25. The van der Waals surface area contributed by atoms with Crippen molar-refractivity contribution in [1.82, 2.24) is 0 Å². The molecule has 9 heteroatoms. The van der Waals surface area contributed by atoms with E-state index in [0.717, 1.165) is 28.4 Å². The largest absolute Gasteiger partial charge is 0.409 e. The van der Waals surface area contributed by atoms with E-state index < -0.39 is 20.5 Å². The number of hydrogen-bond acceptors (Lipinski definition) is 7. The summed E-state index contributed by atoms with van der Waals surface area (Å²) in [5, 5.41) is -1.32. The van der Waals surface area contributed by atoms with Gasteiger partial charge in [0.05, 0.1) is 0 Å². The van der Waals surface area contributed by atoms with Gasteiger partial charge in [0.25, 0.3) is 0 Å². The molecule has 0 atom stereocenters. The fourth-order valence-corrected chi connectivity index (χ4v) is 3.71. The summed E-state index contributed by atoms with van der Waals surface area (Å²) in [6.07, 6.45) is 0. The first-order valence-corrected chi connectivity index (χ1v) is 6.47. The fourth-order valence-electron chi connectivity index (χ4n) is 0.611. The van der Waals surface area contributed by atoms with E-state index in [2.05, 4.69) is 18.1 Å². The van der Waals surface area contributed by atoms with Crippen LogP contribution < -0.4 is 0 Å². The van der Waals surface area contributed by atoms with Crippen LogP contribution in [0.3, 0.4) is 0 Å². The molecule has 0 radical (unpaired) electrons. The number of hydrogen-bond donors (Lipinski definition) is 0. The SMILES string of the molecule is COP(=O)(OC)C(=O)P(=O)(OC)OC. The van der Waals surface area contributed by atoms with E-state index in [1.165, 1.54) is 0 Å². The topological polar surface area (TPSA) is 88.1 Å². The Labute approximate surface area is 81.7 Å². The maximum Gasteiger partial charge on any atom is 0.409 e. The molecule has 0 aliphatic heterocycles. The smallest absolute Gasteiger partial charge is 0.306 e. The van der Waals surface area contributed by atoms with Crippen molar-refractivity contribution in [2.24, 2.45) is 0 Å². The predicted octanol–water partition coefficient (Wildman–Crippen LogP) is 2.08. The minimum Gasteiger partial charge on any atom is -0.306 e. The summed E-state index contributed by atoms with van der Waals surface area (Å²) in [6.45, 7) is 0. The molecule has 0 bridgehead atoms. The first kappa shape index (κ1) is 14.0. The lowest BCUT2D eigenvalue weighted by atomic mass is 11.8. The summed E-state index contributed by atoms with van der Waals surface area (Å²) in [5.41, 5.74) is 0. The molecule has 84 valence electrons. The third-order valence-corrected chi connectivity index (χ3v) is 5.76. The van der Waals surface area contributed by atoms with Gasteiger partial charge in [-0.2, -0.15) is 0 Å². The van der Waals surface area contributed by atoms with Crippen molar-refractivity contribution in [1.29, 1.82) is 0 Å². The Kier molecular flexibility index (Phi) is 5.15. The van der Waals surface area contributed by atoms with Gasteiger partial charge in [0, 0.05) is 28.4 Å². The van der Waals surface area contributed by atoms with Crippen molar-refractivity contribution in [3.63, 3.8) is 0 Å². The number of carbonyl (C=O) groups is 1. The highest BCUT2D eigenvalue weighted by Gasteiger charge is 2.48. The van der Waals surface area contributed by atoms with Crippen LogP contribution in [0.1, 0.15) is 0 Å². The maximum atomic E-state index is 11.5. The highest BCUT2D eigenvalue weighted by Crippen LogP contribution is 2.64. The summed E-state index contributed by atoms with van der Waals surface area (Å²) < 4.78 is 40.4. The second-order valence-electron chi connectivity index (χ2n) is 2.01. The second kappa shape index (κ2) is 5.16. The zero-order valence-corrected chi connectivity index (χ0v) is 10.0. The molecule has 0 heterocycles. The molecular weight excluding hydrogens is 234 g/mol. The van der Waals surface area contributed by atoms with Crippen LogP contribution in [0.25, 0.3) is 0 Å². The van der Waals surface area contributed by atoms with Crippen molar-refractivity contribution in [2.75, 3.05) is 28.4 Å². The van der Waals surface area contributed by atoms with Crippen LogP contribution in [0.4, 0.5) is 4.79 Å². The summed E-state index contributed by atoms with van der Waals surface area (Å²) in [6, 6.07) is 0. The van der Waals surface area contributed by atoms with Gasteiger partial charge in [0.2, 0.25) is 0 Å². The molecule has 0 aliphatic rings. The number of carbonyl (C=O) groups excluding carboxylic acids is 1. The highest BCUT2D eigenvalue weighted by atomic mass is 31.2. The molecule has 0 aliphatic carbocycles. The summed E-state index contributed by atoms with van der Waals surface area (Å²) in [5.74, 6) is 0. The lowest BCUT2D eigenvalue weighted by Gasteiger charge is -2.16. The van der Waals surface area contributed by atoms with Gasteiger partial charge in [-0.3, -0.25) is 13.9 Å². The third-order valence-electron chi connectivity index (χ3n) is 1.43. The Bertz CT molecular complexity index is 254. The Morgan fingerprint density at radius 3 is 1.14 bits per heavy atom. The van der Waals surface area contributed by atoms with Gasteiger partial charge in [-0.1, -0.05) is 0 Å². The molecule has 0 aromatic carbocycles. The minimum atomic E-state index is -4.08. The Hall–Kier alpha value is -0.0300. The van der Waals surface area contributed by atoms with Gasteiger partial charge in [-0.25, -0.2) is 0 Å². The zero-order chi connectivity index (χ0) is 11.4. The van der Waals surface area contributed by atoms with E-state index >= 15 is 0 Å². The van der Waals surface area contributed by atoms with Crippen LogP contribution in [-0.2, 0) is 27.2 Å². The van der Waals surface area contributed by atoms with E-state index in [4.69, 9.17) is 0 Å². The molecule has 0 fully saturated rings. The molecule has 0 saturated carbocycles. The van der Waals surface area contributed by atoms with Gasteiger partial charge >= 0.3 is 20.5 Å². The van der Waals surface area contributed by atoms with Gasteiger partial charge in [0.15, 0.2) is 0 Å². The van der Waals surface area contributed by atoms with Crippen LogP contribution in [0, 0.1) is 0 Å². The van der Waals surface area contributed by atoms with Gasteiger partial charge in [-0.05, 0) is 0 Å². The molecule has 0 N–H and O–H groups in total. The van der Waals surface area contributed by atoms with Crippen molar-refractivity contribution >= 4 is 20.5 Å². The van der Waals surface area contributed by atoms with Crippen molar-refractivity contribution < 1.29 is 32.0 Å². The van der Waals surface area contributed by atoms with E-state index in [9.17, 15) is 13.9 Å². The second-order valence-corrected chi connectivity index (χ2v) is 6.62. The van der Waals surface area contributed by atoms with E-state index in [-0.39, 0.29) is 0 Å². The highest BCUT2D eigenvalue weighted by molar-refractivity contribution is 7.98. The van der Waals surface area contributed by atoms with Crippen LogP contribution in [0.15, 0.2) is 0 Å². The molecule has 0 amide bonds. The van der Waals surface area contributed by atoms with Gasteiger partial charge < -0.3 is 18.1 Å². The average Bonchev–Trinajstić information content (AvgIpc) is 2.25. The van der Waals surface area contributed by atoms with Crippen molar-refractivity contribution in [3.05, 3.63) is 0 Å². The van der Waals surface area contributed by atoms with E-state index in [1.54, 1.807) is 0 Å². The van der Waals surface area contributed by atoms with Gasteiger partial charge in [-0.15, -0.1) is 0 Å². The Morgan fingerprint density at radius 2 is 1.00 bits per heavy atom. The molecule has 0 spiro atoms. The van der Waals surface area contributed by atoms with Gasteiger partial charge in [0.1, 0.15) is 0 Å². The van der Waals surface area contributed by atoms with Crippen LogP contribution in [0.5, 0.6) is 0 Å². The molecule has 0 unspecified atom stereocenters. The van der Waals surface area contributed by atoms with Crippen LogP contribution in [-0.4, -0.2) is 33.7 Å². The predicted molar refractivity (Wildman–Crippen MR) is 48.6 cm³/mol. The molecule has 0 saturated heterocycles. The fraction of sp³-hybridized carbons (Fsp3) is 0.800. The average molecular weight is 246 g/mol. The lowest BCUT2D eigenvalue weighted by molar-refractivity contribution is 0.230. The van der Waals surface area contributed by atoms with Crippen molar-refractivity contribution in [2.45, 2.75) is 0 Å². The maximum absolute atomic E-state index is 11.5. The first-order valence-electron chi connectivity index (χ1n) is 3.38. The van der Waals surface area contributed by atoms with Crippen LogP contribution >= 0.6 is 15.2 Å². The first-order chi connectivity index (χ1) is 6.40. The van der Waals surface area contributed by atoms with E-state index in [1.807, 2.05) is 0 Å². The lowest BCUT2D eigenvalue weighted by Crippen LogP contribution is -2.05. The molecule has 7 nitrogen and oxygen atoms in total. The third kappa shape index (κ3) is 2.51. The molecule has 0 aromatic heterocycles. The van der Waals surface area contributed by atoms with Crippen molar-refractivity contribution in [3.8, 4) is 0 Å². The molecule has 14 heavy (non-hydrogen) atoms. The molecule has 0 aromatic rings. The standard InChI is InChI=1S/C5H12O7P2/c1-9-13(7,10-2)5(6)14(8,11-3)12-4/h1-4H3. The monoisotopic (exact) mass is 246 g/mol. The summed E-state index contributed by atoms with van der Waals surface area (Å²) in [7, 11) is -4.17. The van der Waals surface area contributed by atoms with Crippen LogP contribution in [0.2, 0.25) is 0 Å². The minimum absolute atomic E-state index is 0.998.